The van der Waals surface area contributed by atoms with Crippen LogP contribution >= 0.6 is 0 Å². The molecular formula is C23H30N4. The molecule has 0 fully saturated rings. The van der Waals surface area contributed by atoms with E-state index in [9.17, 15) is 0 Å². The van der Waals surface area contributed by atoms with Crippen LogP contribution in [0.1, 0.15) is 84.9 Å². The van der Waals surface area contributed by atoms with E-state index in [0.29, 0.717) is 17.9 Å². The molecule has 2 heterocycles. The number of aromatic nitrogens is 2. The van der Waals surface area contributed by atoms with E-state index in [0.717, 1.165) is 43.5 Å². The third-order valence-electron chi connectivity index (χ3n) is 6.95. The maximum Gasteiger partial charge on any atom is 0.0488 e. The van der Waals surface area contributed by atoms with Gasteiger partial charge in [-0.05, 0) is 73.1 Å². The Morgan fingerprint density at radius 2 is 1.67 bits per heavy atom. The number of aryl methyl sites for hydroxylation is 1. The summed E-state index contributed by atoms with van der Waals surface area (Å²) in [6.45, 7) is 6.80. The van der Waals surface area contributed by atoms with Crippen LogP contribution in [0.15, 0.2) is 6.07 Å². The van der Waals surface area contributed by atoms with Crippen LogP contribution in [0.4, 0.5) is 11.4 Å². The molecule has 4 nitrogen and oxygen atoms in total. The molecule has 2 aromatic rings. The minimum atomic E-state index is 0.393. The lowest BCUT2D eigenvalue weighted by Crippen LogP contribution is -2.22. The van der Waals surface area contributed by atoms with Gasteiger partial charge in [0.2, 0.25) is 0 Å². The first kappa shape index (κ1) is 17.0. The monoisotopic (exact) mass is 362 g/mol. The number of nitrogens with zero attached hydrogens (tertiary/aromatic N) is 2. The molecule has 0 saturated carbocycles. The van der Waals surface area contributed by atoms with Crippen LogP contribution < -0.4 is 11.1 Å². The standard InChI is InChI=1S/C23H30N4/c1-4-14-10-19(24)18-9-15(11-20(18)25-14)26-23-16-7-5-12(2)21(16)27-22-13(3)6-8-17(22)23/h10,12-13,15H,4-9,11H2,1-3H3,(H2,24,25)(H,26,27). The van der Waals surface area contributed by atoms with Crippen molar-refractivity contribution >= 4 is 11.4 Å². The second kappa shape index (κ2) is 6.22. The van der Waals surface area contributed by atoms with Gasteiger partial charge >= 0.3 is 0 Å². The first-order valence-electron chi connectivity index (χ1n) is 10.6. The molecule has 4 heteroatoms. The summed E-state index contributed by atoms with van der Waals surface area (Å²) in [6, 6.07) is 2.45. The fourth-order valence-corrected chi connectivity index (χ4v) is 5.34. The van der Waals surface area contributed by atoms with Gasteiger partial charge in [-0.25, -0.2) is 0 Å². The molecule has 2 aromatic heterocycles. The highest BCUT2D eigenvalue weighted by Crippen LogP contribution is 2.45. The largest absolute Gasteiger partial charge is 0.398 e. The number of nitrogens with two attached hydrogens (primary N) is 1. The van der Waals surface area contributed by atoms with Gasteiger partial charge in [-0.15, -0.1) is 0 Å². The van der Waals surface area contributed by atoms with Crippen LogP contribution in [0.5, 0.6) is 0 Å². The zero-order valence-electron chi connectivity index (χ0n) is 16.7. The Hall–Kier alpha value is -2.10. The van der Waals surface area contributed by atoms with Crippen LogP contribution in [0.3, 0.4) is 0 Å². The smallest absolute Gasteiger partial charge is 0.0488 e. The highest BCUT2D eigenvalue weighted by Gasteiger charge is 2.34. The molecule has 0 spiro atoms. The molecule has 3 unspecified atom stereocenters. The quantitative estimate of drug-likeness (QED) is 0.854. The fourth-order valence-electron chi connectivity index (χ4n) is 5.34. The Morgan fingerprint density at radius 3 is 2.30 bits per heavy atom. The molecule has 3 atom stereocenters. The highest BCUT2D eigenvalue weighted by molar-refractivity contribution is 5.66. The summed E-state index contributed by atoms with van der Waals surface area (Å²) in [4.78, 5) is 10.00. The summed E-state index contributed by atoms with van der Waals surface area (Å²) in [7, 11) is 0. The number of pyridine rings is 2. The van der Waals surface area contributed by atoms with Gasteiger partial charge in [0.05, 0.1) is 0 Å². The van der Waals surface area contributed by atoms with E-state index >= 15 is 0 Å². The number of nitrogens with one attached hydrogen (secondary N) is 1. The number of anilines is 2. The van der Waals surface area contributed by atoms with Crippen LogP contribution in [0.25, 0.3) is 0 Å². The van der Waals surface area contributed by atoms with Crippen molar-refractivity contribution in [2.24, 2.45) is 0 Å². The first-order chi connectivity index (χ1) is 13.0. The minimum absolute atomic E-state index is 0.393. The molecule has 3 N–H and O–H groups in total. The molecule has 0 bridgehead atoms. The van der Waals surface area contributed by atoms with Gasteiger partial charge in [0.15, 0.2) is 0 Å². The van der Waals surface area contributed by atoms with E-state index in [-0.39, 0.29) is 0 Å². The van der Waals surface area contributed by atoms with Crippen LogP contribution in [0.2, 0.25) is 0 Å². The van der Waals surface area contributed by atoms with Gasteiger partial charge in [0.25, 0.3) is 0 Å². The number of hydrogen-bond acceptors (Lipinski definition) is 4. The van der Waals surface area contributed by atoms with E-state index in [1.165, 1.54) is 52.3 Å². The lowest BCUT2D eigenvalue weighted by molar-refractivity contribution is 0.702. The maximum absolute atomic E-state index is 6.34. The second-order valence-corrected chi connectivity index (χ2v) is 8.82. The molecule has 0 aromatic carbocycles. The molecule has 0 amide bonds. The summed E-state index contributed by atoms with van der Waals surface area (Å²) in [6.07, 6.45) is 7.68. The third kappa shape index (κ3) is 2.64. The molecule has 5 rings (SSSR count). The zero-order chi connectivity index (χ0) is 18.7. The van der Waals surface area contributed by atoms with Gasteiger partial charge in [-0.3, -0.25) is 9.97 Å². The van der Waals surface area contributed by atoms with E-state index < -0.39 is 0 Å². The van der Waals surface area contributed by atoms with Gasteiger partial charge in [-0.2, -0.15) is 0 Å². The second-order valence-electron chi connectivity index (χ2n) is 8.82. The van der Waals surface area contributed by atoms with E-state index in [1.807, 2.05) is 0 Å². The number of fused-ring (bicyclic) bond motifs is 3. The number of hydrogen-bond donors (Lipinski definition) is 2. The summed E-state index contributed by atoms with van der Waals surface area (Å²) in [5, 5.41) is 3.96. The van der Waals surface area contributed by atoms with Gasteiger partial charge in [0, 0.05) is 46.6 Å². The van der Waals surface area contributed by atoms with Crippen molar-refractivity contribution < 1.29 is 0 Å². The SMILES string of the molecule is CCc1cc(N)c2c(n1)CC(Nc1c3c(nc4c1CCC4C)C(C)CC3)C2. The van der Waals surface area contributed by atoms with Crippen LogP contribution in [0, 0.1) is 0 Å². The Bertz CT molecular complexity index is 881. The average Bonchev–Trinajstić information content (AvgIpc) is 3.33. The summed E-state index contributed by atoms with van der Waals surface area (Å²) < 4.78 is 0. The predicted octanol–water partition coefficient (Wildman–Crippen LogP) is 4.30. The Morgan fingerprint density at radius 1 is 1.00 bits per heavy atom. The summed E-state index contributed by atoms with van der Waals surface area (Å²) in [5.74, 6) is 1.17. The van der Waals surface area contributed by atoms with Crippen molar-refractivity contribution in [3.8, 4) is 0 Å². The molecule has 27 heavy (non-hydrogen) atoms. The van der Waals surface area contributed by atoms with Crippen molar-refractivity contribution in [3.63, 3.8) is 0 Å². The third-order valence-corrected chi connectivity index (χ3v) is 6.95. The summed E-state index contributed by atoms with van der Waals surface area (Å²) >= 11 is 0. The van der Waals surface area contributed by atoms with Crippen molar-refractivity contribution in [1.82, 2.24) is 9.97 Å². The molecular weight excluding hydrogens is 332 g/mol. The van der Waals surface area contributed by atoms with Crippen molar-refractivity contribution in [3.05, 3.63) is 45.5 Å². The van der Waals surface area contributed by atoms with E-state index in [1.54, 1.807) is 0 Å². The highest BCUT2D eigenvalue weighted by atomic mass is 15.0. The molecule has 0 radical (unpaired) electrons. The number of nitrogen functional groups attached to an aromatic ring is 1. The Balaban J connectivity index is 1.50. The van der Waals surface area contributed by atoms with Gasteiger partial charge < -0.3 is 11.1 Å². The Labute approximate surface area is 162 Å². The van der Waals surface area contributed by atoms with Crippen LogP contribution in [-0.4, -0.2) is 16.0 Å². The lowest BCUT2D eigenvalue weighted by Gasteiger charge is -2.21. The van der Waals surface area contributed by atoms with Crippen molar-refractivity contribution in [2.45, 2.75) is 83.6 Å². The van der Waals surface area contributed by atoms with E-state index in [4.69, 9.17) is 15.7 Å². The number of rotatable bonds is 3. The van der Waals surface area contributed by atoms with E-state index in [2.05, 4.69) is 32.2 Å². The fraction of sp³-hybridized carbons (Fsp3) is 0.565. The maximum atomic E-state index is 6.34. The molecule has 3 aliphatic carbocycles. The van der Waals surface area contributed by atoms with Crippen LogP contribution in [-0.2, 0) is 32.1 Å². The Kier molecular flexibility index (Phi) is 3.92. The van der Waals surface area contributed by atoms with Crippen molar-refractivity contribution in [1.29, 1.82) is 0 Å². The van der Waals surface area contributed by atoms with Gasteiger partial charge in [0.1, 0.15) is 0 Å². The lowest BCUT2D eigenvalue weighted by atomic mass is 10.0. The molecule has 0 aliphatic heterocycles. The average molecular weight is 363 g/mol. The predicted molar refractivity (Wildman–Crippen MR) is 111 cm³/mol. The zero-order valence-corrected chi connectivity index (χ0v) is 16.7. The molecule has 3 aliphatic rings. The topological polar surface area (TPSA) is 63.8 Å². The van der Waals surface area contributed by atoms with Crippen molar-refractivity contribution in [2.75, 3.05) is 11.1 Å². The normalized spacial score (nSPS) is 25.4. The first-order valence-corrected chi connectivity index (χ1v) is 10.6. The minimum Gasteiger partial charge on any atom is -0.398 e. The molecule has 142 valence electrons. The van der Waals surface area contributed by atoms with Gasteiger partial charge in [-0.1, -0.05) is 20.8 Å². The summed E-state index contributed by atoms with van der Waals surface area (Å²) in [5.41, 5.74) is 17.9. The molecule has 0 saturated heterocycles.